The van der Waals surface area contributed by atoms with Gasteiger partial charge in [-0.3, -0.25) is 0 Å². The molecule has 20 aromatic rings. The van der Waals surface area contributed by atoms with Crippen LogP contribution in [0.15, 0.2) is 312 Å². The highest BCUT2D eigenvalue weighted by Gasteiger charge is 2.35. The van der Waals surface area contributed by atoms with Crippen molar-refractivity contribution in [2.75, 3.05) is 0 Å². The summed E-state index contributed by atoms with van der Waals surface area (Å²) in [6.45, 7) is 4.70. The number of furan rings is 2. The van der Waals surface area contributed by atoms with Gasteiger partial charge in [-0.1, -0.05) is 269 Å². The third-order valence-corrected chi connectivity index (χ3v) is 22.9. The zero-order chi connectivity index (χ0) is 65.5. The third-order valence-electron chi connectivity index (χ3n) is 20.3. The summed E-state index contributed by atoms with van der Waals surface area (Å²) in [5.41, 5.74) is 25.5. The van der Waals surface area contributed by atoms with Gasteiger partial charge in [0, 0.05) is 56.9 Å². The molecule has 99 heavy (non-hydrogen) atoms. The maximum absolute atomic E-state index is 6.26. The highest BCUT2D eigenvalue weighted by atomic mass is 32.1. The van der Waals surface area contributed by atoms with Gasteiger partial charge in [-0.25, -0.2) is 19.9 Å². The number of fused-ring (bicyclic) bond motifs is 19. The molecular formula is C91H56N4O2S2. The number of benzene rings is 14. The quantitative estimate of drug-likeness (QED) is 0.158. The molecule has 464 valence electrons. The summed E-state index contributed by atoms with van der Waals surface area (Å²) >= 11 is 3.77. The molecule has 0 aliphatic heterocycles. The summed E-state index contributed by atoms with van der Waals surface area (Å²) in [7, 11) is 0. The van der Waals surface area contributed by atoms with Crippen molar-refractivity contribution in [3.8, 4) is 89.3 Å². The van der Waals surface area contributed by atoms with Crippen molar-refractivity contribution in [2.45, 2.75) is 19.3 Å². The Morgan fingerprint density at radius 2 is 0.657 bits per heavy atom. The number of rotatable bonds is 7. The van der Waals surface area contributed by atoms with Crippen molar-refractivity contribution in [1.82, 2.24) is 19.9 Å². The minimum Gasteiger partial charge on any atom is -0.436 e. The third kappa shape index (κ3) is 9.21. The Morgan fingerprint density at radius 3 is 1.18 bits per heavy atom. The van der Waals surface area contributed by atoms with Crippen LogP contribution in [0.1, 0.15) is 25.0 Å². The molecule has 0 radical (unpaired) electrons. The molecule has 0 saturated carbocycles. The highest BCUT2D eigenvalue weighted by Crippen LogP contribution is 2.52. The monoisotopic (exact) mass is 1300 g/mol. The van der Waals surface area contributed by atoms with Crippen molar-refractivity contribution in [3.05, 3.63) is 315 Å². The Labute approximate surface area is 577 Å². The van der Waals surface area contributed by atoms with Crippen LogP contribution in [0.2, 0.25) is 0 Å². The second kappa shape index (κ2) is 22.4. The summed E-state index contributed by atoms with van der Waals surface area (Å²) < 4.78 is 17.7. The summed E-state index contributed by atoms with van der Waals surface area (Å²) in [5, 5.41) is 11.8. The van der Waals surface area contributed by atoms with E-state index in [4.69, 9.17) is 28.8 Å². The molecule has 0 saturated heterocycles. The first-order chi connectivity index (χ1) is 48.8. The SMILES string of the molecule is CC1(C)c2ccccc2-c2ccc(-c3cccc4c3sc3c(-c5cccc(-c6cnc7c(n6)oc6ccc8ccccc8c67)c5)cccc34)cc21.c1ccc(-c2cccc3c2sc2c(-c4cccc(-c5cccc(-c6cnc7c(n6)oc6ccc8ccccc8c67)c5)c4)cccc23)cc1. The molecule has 0 bridgehead atoms. The van der Waals surface area contributed by atoms with Gasteiger partial charge in [-0.15, -0.1) is 22.7 Å². The van der Waals surface area contributed by atoms with Gasteiger partial charge in [0.2, 0.25) is 11.4 Å². The molecule has 6 aromatic heterocycles. The average molecular weight is 1300 g/mol. The Bertz CT molecular complexity index is 6730. The number of aromatic nitrogens is 4. The zero-order valence-corrected chi connectivity index (χ0v) is 55.4. The van der Waals surface area contributed by atoms with E-state index < -0.39 is 0 Å². The van der Waals surface area contributed by atoms with E-state index in [1.807, 2.05) is 53.3 Å². The molecule has 21 rings (SSSR count). The van der Waals surface area contributed by atoms with Crippen molar-refractivity contribution < 1.29 is 8.83 Å². The van der Waals surface area contributed by atoms with E-state index in [9.17, 15) is 0 Å². The number of hydrogen-bond donors (Lipinski definition) is 0. The Morgan fingerprint density at radius 1 is 0.283 bits per heavy atom. The second-order valence-electron chi connectivity index (χ2n) is 26.3. The molecule has 0 spiro atoms. The van der Waals surface area contributed by atoms with Gasteiger partial charge in [0.25, 0.3) is 0 Å². The molecule has 6 heterocycles. The first-order valence-electron chi connectivity index (χ1n) is 33.5. The van der Waals surface area contributed by atoms with E-state index in [-0.39, 0.29) is 5.41 Å². The van der Waals surface area contributed by atoms with Gasteiger partial charge in [0.05, 0.1) is 34.6 Å². The van der Waals surface area contributed by atoms with Gasteiger partial charge in [0.15, 0.2) is 0 Å². The van der Waals surface area contributed by atoms with Gasteiger partial charge in [0.1, 0.15) is 22.2 Å². The standard InChI is InChI=1S/C47H30N2OS.C44H26N2OS/c1-47(2)38-19-6-5-14-34(38)35-22-20-29(25-39(35)47)33-16-9-18-37-36-17-8-15-32(44(36)51-45(33)37)28-11-7-12-30(24-28)40-26-48-43-42-31-13-4-3-10-27(31)21-23-41(42)50-46(43)49-40;1-2-10-27(11-3-1)34-18-8-20-36-37-21-9-19-35(43(37)48-42(34)36)31-15-6-13-29(24-31)30-14-7-16-32(25-30)38-26-45-41-40-33-17-5-4-12-28(33)22-23-39(40)47-44(41)46-38/h3-26H,1-2H3;1-26H. The minimum atomic E-state index is -0.0398. The molecule has 1 aliphatic rings. The molecule has 6 nitrogen and oxygen atoms in total. The van der Waals surface area contributed by atoms with Crippen molar-refractivity contribution >= 4 is 129 Å². The lowest BCUT2D eigenvalue weighted by Gasteiger charge is -2.22. The molecule has 0 atom stereocenters. The van der Waals surface area contributed by atoms with Crippen LogP contribution in [0.5, 0.6) is 0 Å². The van der Waals surface area contributed by atoms with Crippen LogP contribution < -0.4 is 0 Å². The summed E-state index contributed by atoms with van der Waals surface area (Å²) in [6, 6.07) is 104. The van der Waals surface area contributed by atoms with Gasteiger partial charge in [-0.2, -0.15) is 0 Å². The fraction of sp³-hybridized carbons (Fsp3) is 0.0330. The van der Waals surface area contributed by atoms with E-state index in [2.05, 4.69) is 287 Å². The summed E-state index contributed by atoms with van der Waals surface area (Å²) in [6.07, 6.45) is 3.74. The first-order valence-corrected chi connectivity index (χ1v) is 35.1. The lowest BCUT2D eigenvalue weighted by molar-refractivity contribution is 0.653. The summed E-state index contributed by atoms with van der Waals surface area (Å²) in [5.74, 6) is 0. The van der Waals surface area contributed by atoms with Gasteiger partial charge >= 0.3 is 0 Å². The number of thiophene rings is 2. The maximum atomic E-state index is 6.26. The van der Waals surface area contributed by atoms with E-state index in [0.717, 1.165) is 93.7 Å². The van der Waals surface area contributed by atoms with Crippen molar-refractivity contribution in [2.24, 2.45) is 0 Å². The predicted octanol–water partition coefficient (Wildman–Crippen LogP) is 25.8. The van der Waals surface area contributed by atoms with Crippen LogP contribution in [-0.4, -0.2) is 19.9 Å². The number of hydrogen-bond acceptors (Lipinski definition) is 8. The fourth-order valence-corrected chi connectivity index (χ4v) is 18.2. The molecule has 8 heteroatoms. The Balaban J connectivity index is 0.000000134. The van der Waals surface area contributed by atoms with Crippen LogP contribution in [-0.2, 0) is 5.41 Å². The first kappa shape index (κ1) is 57.1. The molecule has 1 aliphatic carbocycles. The van der Waals surface area contributed by atoms with Gasteiger partial charge in [-0.05, 0) is 136 Å². The van der Waals surface area contributed by atoms with E-state index in [1.165, 1.54) is 102 Å². The van der Waals surface area contributed by atoms with Crippen LogP contribution >= 0.6 is 22.7 Å². The van der Waals surface area contributed by atoms with E-state index in [1.54, 1.807) is 0 Å². The molecular weight excluding hydrogens is 1250 g/mol. The molecule has 14 aromatic carbocycles. The maximum Gasteiger partial charge on any atom is 0.246 e. The van der Waals surface area contributed by atoms with Gasteiger partial charge < -0.3 is 8.83 Å². The zero-order valence-electron chi connectivity index (χ0n) is 53.8. The topological polar surface area (TPSA) is 77.8 Å². The average Bonchev–Trinajstić information content (AvgIpc) is 1.58. The van der Waals surface area contributed by atoms with Crippen LogP contribution in [0.3, 0.4) is 0 Å². The van der Waals surface area contributed by atoms with E-state index >= 15 is 0 Å². The van der Waals surface area contributed by atoms with Crippen molar-refractivity contribution in [1.29, 1.82) is 0 Å². The van der Waals surface area contributed by atoms with E-state index in [0.29, 0.717) is 11.4 Å². The fourth-order valence-electron chi connectivity index (χ4n) is 15.5. The lowest BCUT2D eigenvalue weighted by atomic mass is 9.81. The Kier molecular flexibility index (Phi) is 12.9. The molecule has 0 fully saturated rings. The molecule has 0 amide bonds. The highest BCUT2D eigenvalue weighted by molar-refractivity contribution is 7.27. The summed E-state index contributed by atoms with van der Waals surface area (Å²) in [4.78, 5) is 19.7. The van der Waals surface area contributed by atoms with Crippen LogP contribution in [0.25, 0.3) is 196 Å². The molecule has 0 N–H and O–H groups in total. The molecule has 0 unspecified atom stereocenters. The predicted molar refractivity (Wildman–Crippen MR) is 415 cm³/mol. The Hall–Kier alpha value is -12.2. The lowest BCUT2D eigenvalue weighted by Crippen LogP contribution is -2.14. The minimum absolute atomic E-state index is 0.0398. The van der Waals surface area contributed by atoms with Crippen molar-refractivity contribution in [3.63, 3.8) is 0 Å². The van der Waals surface area contributed by atoms with Crippen LogP contribution in [0, 0.1) is 0 Å². The smallest absolute Gasteiger partial charge is 0.246 e. The largest absolute Gasteiger partial charge is 0.436 e. The normalized spacial score (nSPS) is 12.6. The van der Waals surface area contributed by atoms with Crippen LogP contribution in [0.4, 0.5) is 0 Å². The second-order valence-corrected chi connectivity index (χ2v) is 28.4. The number of nitrogens with zero attached hydrogens (tertiary/aromatic N) is 4.